The molecule has 196 valence electrons. The lowest BCUT2D eigenvalue weighted by Crippen LogP contribution is -2.52. The number of benzene rings is 2. The Morgan fingerprint density at radius 1 is 0.973 bits per heavy atom. The number of aliphatic hydroxyl groups excluding tert-OH is 1. The molecule has 2 aromatic carbocycles. The van der Waals surface area contributed by atoms with E-state index >= 15 is 0 Å². The molecule has 1 saturated heterocycles. The van der Waals surface area contributed by atoms with Crippen LogP contribution in [0.3, 0.4) is 0 Å². The van der Waals surface area contributed by atoms with Crippen LogP contribution in [-0.2, 0) is 27.3 Å². The van der Waals surface area contributed by atoms with Crippen molar-refractivity contribution in [3.63, 3.8) is 0 Å². The van der Waals surface area contributed by atoms with Gasteiger partial charge in [0.05, 0.1) is 24.5 Å². The predicted octanol–water partition coefficient (Wildman–Crippen LogP) is 2.70. The zero-order chi connectivity index (χ0) is 26.4. The Kier molecular flexibility index (Phi) is 8.77. The van der Waals surface area contributed by atoms with Gasteiger partial charge in [-0.1, -0.05) is 86.2 Å². The topological polar surface area (TPSA) is 98.7 Å². The Hall–Kier alpha value is -3.45. The molecule has 0 saturated carbocycles. The summed E-state index contributed by atoms with van der Waals surface area (Å²) in [6.45, 7) is 2.11. The third-order valence-electron chi connectivity index (χ3n) is 7.71. The first-order chi connectivity index (χ1) is 18.0. The zero-order valence-electron chi connectivity index (χ0n) is 21.5. The number of hydrogen-bond acceptors (Lipinski definition) is 4. The molecule has 0 unspecified atom stereocenters. The smallest absolute Gasteiger partial charge is 0.243 e. The molecule has 1 heterocycles. The van der Waals surface area contributed by atoms with Crippen molar-refractivity contribution < 1.29 is 19.5 Å². The Bertz CT molecular complexity index is 1100. The van der Waals surface area contributed by atoms with Crippen molar-refractivity contribution in [2.24, 2.45) is 23.7 Å². The summed E-state index contributed by atoms with van der Waals surface area (Å²) in [5.41, 5.74) is 1.92. The van der Waals surface area contributed by atoms with Gasteiger partial charge in [0.1, 0.15) is 6.04 Å². The lowest BCUT2D eigenvalue weighted by molar-refractivity contribution is -0.143. The van der Waals surface area contributed by atoms with Gasteiger partial charge < -0.3 is 20.6 Å². The minimum absolute atomic E-state index is 0.0789. The molecule has 37 heavy (non-hydrogen) atoms. The van der Waals surface area contributed by atoms with Crippen LogP contribution >= 0.6 is 0 Å². The van der Waals surface area contributed by atoms with Crippen LogP contribution in [0.2, 0.25) is 0 Å². The van der Waals surface area contributed by atoms with Crippen LogP contribution in [0.4, 0.5) is 0 Å². The van der Waals surface area contributed by atoms with E-state index in [0.717, 1.165) is 24.0 Å². The first-order valence-electron chi connectivity index (χ1n) is 13.2. The van der Waals surface area contributed by atoms with E-state index in [1.165, 1.54) is 0 Å². The molecular weight excluding hydrogens is 466 g/mol. The first-order valence-corrected chi connectivity index (χ1v) is 13.2. The van der Waals surface area contributed by atoms with Crippen LogP contribution in [0, 0.1) is 23.7 Å². The van der Waals surface area contributed by atoms with E-state index in [1.54, 1.807) is 11.9 Å². The van der Waals surface area contributed by atoms with Gasteiger partial charge in [0, 0.05) is 19.5 Å². The highest BCUT2D eigenvalue weighted by Crippen LogP contribution is 2.46. The van der Waals surface area contributed by atoms with E-state index < -0.39 is 29.8 Å². The molecule has 0 bridgehead atoms. The second-order valence-electron chi connectivity index (χ2n) is 10.0. The maximum absolute atomic E-state index is 14.1. The van der Waals surface area contributed by atoms with E-state index in [9.17, 15) is 19.5 Å². The minimum atomic E-state index is -0.812. The molecule has 2 aliphatic rings. The van der Waals surface area contributed by atoms with Crippen molar-refractivity contribution in [3.8, 4) is 0 Å². The van der Waals surface area contributed by atoms with E-state index in [1.807, 2.05) is 72.8 Å². The molecule has 1 aliphatic carbocycles. The first kappa shape index (κ1) is 26.6. The van der Waals surface area contributed by atoms with Gasteiger partial charge in [-0.2, -0.15) is 0 Å². The summed E-state index contributed by atoms with van der Waals surface area (Å²) >= 11 is 0. The van der Waals surface area contributed by atoms with E-state index in [4.69, 9.17) is 0 Å². The number of aliphatic hydroxyl groups is 1. The summed E-state index contributed by atoms with van der Waals surface area (Å²) in [7, 11) is 1.59. The van der Waals surface area contributed by atoms with Crippen LogP contribution < -0.4 is 10.6 Å². The molecule has 3 N–H and O–H groups in total. The van der Waals surface area contributed by atoms with E-state index in [2.05, 4.69) is 17.6 Å². The van der Waals surface area contributed by atoms with Crippen molar-refractivity contribution in [1.82, 2.24) is 15.5 Å². The number of fused-ring (bicyclic) bond motifs is 1. The fraction of sp³-hybridized carbons (Fsp3) is 0.433. The van der Waals surface area contributed by atoms with Crippen molar-refractivity contribution >= 4 is 17.7 Å². The number of carbonyl (C=O) groups excluding carboxylic acids is 3. The van der Waals surface area contributed by atoms with Gasteiger partial charge in [0.25, 0.3) is 0 Å². The summed E-state index contributed by atoms with van der Waals surface area (Å²) in [4.78, 5) is 42.5. The summed E-state index contributed by atoms with van der Waals surface area (Å²) < 4.78 is 0. The summed E-state index contributed by atoms with van der Waals surface area (Å²) in [5.74, 6) is -2.44. The Balaban J connectivity index is 1.70. The average Bonchev–Trinajstić information content (AvgIpc) is 3.23. The lowest BCUT2D eigenvalue weighted by atomic mass is 9.68. The standard InChI is InChI=1S/C30H37N3O4/c1-3-10-22-15-16-24-26(25(22)28(35)31-2)30(37)33(23(19-34)17-20-11-6-4-7-12-20)27(24)29(36)32-18-21-13-8-5-9-14-21/h4-9,11-16,22-27,34H,3,10,17-19H2,1-2H3,(H,31,35)(H,32,36)/t22-,23-,24+,25-,26-,27+/m1/s1. The number of nitrogens with one attached hydrogen (secondary N) is 2. The number of carbonyl (C=O) groups is 3. The Labute approximate surface area is 218 Å². The van der Waals surface area contributed by atoms with Crippen LogP contribution in [0.1, 0.15) is 30.9 Å². The van der Waals surface area contributed by atoms with Gasteiger partial charge >= 0.3 is 0 Å². The van der Waals surface area contributed by atoms with Gasteiger partial charge in [-0.15, -0.1) is 0 Å². The summed E-state index contributed by atoms with van der Waals surface area (Å²) in [6.07, 6.45) is 6.06. The number of rotatable bonds is 10. The molecule has 7 nitrogen and oxygen atoms in total. The Morgan fingerprint density at radius 2 is 1.62 bits per heavy atom. The average molecular weight is 504 g/mol. The van der Waals surface area contributed by atoms with Crippen molar-refractivity contribution in [3.05, 3.63) is 83.9 Å². The molecule has 0 aromatic heterocycles. The van der Waals surface area contributed by atoms with Crippen LogP contribution in [0.5, 0.6) is 0 Å². The highest BCUT2D eigenvalue weighted by molar-refractivity contribution is 5.97. The maximum Gasteiger partial charge on any atom is 0.243 e. The molecule has 3 amide bonds. The molecule has 0 spiro atoms. The van der Waals surface area contributed by atoms with Gasteiger partial charge in [-0.3, -0.25) is 14.4 Å². The number of hydrogen-bond donors (Lipinski definition) is 3. The second-order valence-corrected chi connectivity index (χ2v) is 10.0. The van der Waals surface area contributed by atoms with Crippen LogP contribution in [0.15, 0.2) is 72.8 Å². The number of amides is 3. The largest absolute Gasteiger partial charge is 0.394 e. The molecule has 0 radical (unpaired) electrons. The molecule has 7 heteroatoms. The lowest BCUT2D eigenvalue weighted by Gasteiger charge is -2.34. The van der Waals surface area contributed by atoms with E-state index in [-0.39, 0.29) is 30.2 Å². The van der Waals surface area contributed by atoms with Gasteiger partial charge in [-0.25, -0.2) is 0 Å². The minimum Gasteiger partial charge on any atom is -0.394 e. The van der Waals surface area contributed by atoms with Gasteiger partial charge in [0.15, 0.2) is 0 Å². The second kappa shape index (κ2) is 12.2. The Morgan fingerprint density at radius 3 is 2.22 bits per heavy atom. The maximum atomic E-state index is 14.1. The van der Waals surface area contributed by atoms with Gasteiger partial charge in [0.2, 0.25) is 17.7 Å². The molecule has 6 atom stereocenters. The summed E-state index contributed by atoms with van der Waals surface area (Å²) in [5, 5.41) is 16.2. The van der Waals surface area contributed by atoms with Crippen molar-refractivity contribution in [1.29, 1.82) is 0 Å². The molecule has 4 rings (SSSR count). The zero-order valence-corrected chi connectivity index (χ0v) is 21.5. The van der Waals surface area contributed by atoms with Gasteiger partial charge in [-0.05, 0) is 29.9 Å². The fourth-order valence-electron chi connectivity index (χ4n) is 6.00. The monoisotopic (exact) mass is 503 g/mol. The molecule has 2 aromatic rings. The highest BCUT2D eigenvalue weighted by atomic mass is 16.3. The quantitative estimate of drug-likeness (QED) is 0.434. The van der Waals surface area contributed by atoms with Crippen LogP contribution in [0.25, 0.3) is 0 Å². The number of likely N-dealkylation sites (tertiary alicyclic amines) is 1. The predicted molar refractivity (Wildman–Crippen MR) is 142 cm³/mol. The molecular formula is C30H37N3O4. The number of allylic oxidation sites excluding steroid dienone is 1. The van der Waals surface area contributed by atoms with Crippen molar-refractivity contribution in [2.45, 2.75) is 44.8 Å². The third-order valence-corrected chi connectivity index (χ3v) is 7.71. The normalized spacial score (nSPS) is 25.4. The molecule has 1 aliphatic heterocycles. The van der Waals surface area contributed by atoms with E-state index in [0.29, 0.717) is 13.0 Å². The van der Waals surface area contributed by atoms with Crippen molar-refractivity contribution in [2.75, 3.05) is 13.7 Å². The third kappa shape index (κ3) is 5.62. The van der Waals surface area contributed by atoms with Crippen LogP contribution in [-0.4, -0.2) is 53.5 Å². The number of nitrogens with zero attached hydrogens (tertiary/aromatic N) is 1. The highest BCUT2D eigenvalue weighted by Gasteiger charge is 2.58. The fourth-order valence-corrected chi connectivity index (χ4v) is 6.00. The summed E-state index contributed by atoms with van der Waals surface area (Å²) in [6, 6.07) is 17.9. The SMILES string of the molecule is CCC[C@@H]1C=C[C@H]2[C@@H](C(=O)N([C@@H](CO)Cc3ccccc3)[C@@H]2C(=O)NCc2ccccc2)[C@@H]1C(=O)NC. The molecule has 1 fully saturated rings.